The number of piperidine rings is 1. The summed E-state index contributed by atoms with van der Waals surface area (Å²) in [5, 5.41) is 7.63. The Bertz CT molecular complexity index is 442. The van der Waals surface area contributed by atoms with E-state index in [0.29, 0.717) is 24.0 Å². The second-order valence-electron chi connectivity index (χ2n) is 6.18. The number of hydrogen-bond donors (Lipinski definition) is 1. The lowest BCUT2D eigenvalue weighted by Crippen LogP contribution is -2.30. The van der Waals surface area contributed by atoms with Gasteiger partial charge in [0.1, 0.15) is 0 Å². The summed E-state index contributed by atoms with van der Waals surface area (Å²) in [4.78, 5) is 4.62. The predicted molar refractivity (Wildman–Crippen MR) is 68.8 cm³/mol. The van der Waals surface area contributed by atoms with Crippen molar-refractivity contribution in [3.63, 3.8) is 0 Å². The van der Waals surface area contributed by atoms with Gasteiger partial charge in [-0.05, 0) is 51.1 Å². The molecule has 4 heterocycles. The van der Waals surface area contributed by atoms with E-state index < -0.39 is 0 Å². The summed E-state index contributed by atoms with van der Waals surface area (Å²) in [6.07, 6.45) is 7.67. The van der Waals surface area contributed by atoms with E-state index in [9.17, 15) is 0 Å². The number of aromatic nitrogens is 2. The van der Waals surface area contributed by atoms with Crippen molar-refractivity contribution >= 4 is 0 Å². The van der Waals surface area contributed by atoms with Crippen molar-refractivity contribution in [3.05, 3.63) is 11.7 Å². The number of fused-ring (bicyclic) bond motifs is 2. The standard InChI is InChI=1S/C14H21N3O2/c1-2-9(8-15-5-1)6-13-16-14(17-19-13)11-7-10-3-4-12(11)18-10/h9-12,15H,1-8H2. The van der Waals surface area contributed by atoms with Crippen molar-refractivity contribution < 1.29 is 9.26 Å². The van der Waals surface area contributed by atoms with Gasteiger partial charge in [0.15, 0.2) is 5.82 Å². The van der Waals surface area contributed by atoms with Gasteiger partial charge in [0.2, 0.25) is 5.89 Å². The minimum Gasteiger partial charge on any atom is -0.374 e. The van der Waals surface area contributed by atoms with Crippen LogP contribution in [0.3, 0.4) is 0 Å². The number of nitrogens with one attached hydrogen (secondary N) is 1. The Balaban J connectivity index is 1.41. The zero-order valence-electron chi connectivity index (χ0n) is 11.2. The lowest BCUT2D eigenvalue weighted by atomic mass is 9.89. The molecule has 3 aliphatic heterocycles. The molecular formula is C14H21N3O2. The first-order valence-corrected chi connectivity index (χ1v) is 7.57. The van der Waals surface area contributed by atoms with Crippen molar-refractivity contribution in [2.24, 2.45) is 5.92 Å². The number of ether oxygens (including phenoxy) is 1. The smallest absolute Gasteiger partial charge is 0.226 e. The highest BCUT2D eigenvalue weighted by Gasteiger charge is 2.43. The molecule has 104 valence electrons. The average molecular weight is 263 g/mol. The number of nitrogens with zero attached hydrogens (tertiary/aromatic N) is 2. The van der Waals surface area contributed by atoms with E-state index in [0.717, 1.165) is 44.1 Å². The summed E-state index contributed by atoms with van der Waals surface area (Å²) in [5.74, 6) is 2.72. The molecule has 4 atom stereocenters. The largest absolute Gasteiger partial charge is 0.374 e. The summed E-state index contributed by atoms with van der Waals surface area (Å²) in [6, 6.07) is 0. The fourth-order valence-electron chi connectivity index (χ4n) is 3.76. The molecule has 0 aliphatic carbocycles. The van der Waals surface area contributed by atoms with Crippen LogP contribution in [0.2, 0.25) is 0 Å². The topological polar surface area (TPSA) is 60.2 Å². The minimum atomic E-state index is 0.340. The first-order valence-electron chi connectivity index (χ1n) is 7.57. The maximum atomic E-state index is 5.87. The Morgan fingerprint density at radius 3 is 3.00 bits per heavy atom. The Labute approximate surface area is 113 Å². The maximum absolute atomic E-state index is 5.87. The third kappa shape index (κ3) is 2.30. The van der Waals surface area contributed by atoms with Gasteiger partial charge in [-0.1, -0.05) is 5.16 Å². The Morgan fingerprint density at radius 2 is 2.26 bits per heavy atom. The van der Waals surface area contributed by atoms with Gasteiger partial charge in [-0.2, -0.15) is 4.98 Å². The van der Waals surface area contributed by atoms with E-state index in [1.54, 1.807) is 0 Å². The van der Waals surface area contributed by atoms with Crippen LogP contribution in [-0.4, -0.2) is 35.4 Å². The molecule has 5 nitrogen and oxygen atoms in total. The van der Waals surface area contributed by atoms with Gasteiger partial charge in [-0.15, -0.1) is 0 Å². The molecule has 5 heteroatoms. The summed E-state index contributed by atoms with van der Waals surface area (Å²) in [6.45, 7) is 2.23. The molecule has 1 aromatic heterocycles. The van der Waals surface area contributed by atoms with Crippen molar-refractivity contribution in [2.45, 2.75) is 56.7 Å². The number of hydrogen-bond acceptors (Lipinski definition) is 5. The van der Waals surface area contributed by atoms with Crippen LogP contribution in [0.4, 0.5) is 0 Å². The molecule has 0 amide bonds. The van der Waals surface area contributed by atoms with Gasteiger partial charge >= 0.3 is 0 Å². The van der Waals surface area contributed by atoms with Gasteiger partial charge in [-0.25, -0.2) is 0 Å². The molecule has 0 saturated carbocycles. The molecule has 0 aromatic carbocycles. The fourth-order valence-corrected chi connectivity index (χ4v) is 3.76. The molecule has 3 aliphatic rings. The van der Waals surface area contributed by atoms with Crippen molar-refractivity contribution in [1.29, 1.82) is 0 Å². The van der Waals surface area contributed by atoms with Gasteiger partial charge in [-0.3, -0.25) is 0 Å². The van der Waals surface area contributed by atoms with Crippen LogP contribution >= 0.6 is 0 Å². The van der Waals surface area contributed by atoms with Crippen LogP contribution in [0.5, 0.6) is 0 Å². The van der Waals surface area contributed by atoms with E-state index in [2.05, 4.69) is 15.5 Å². The maximum Gasteiger partial charge on any atom is 0.226 e. The third-order valence-electron chi connectivity index (χ3n) is 4.78. The molecular weight excluding hydrogens is 242 g/mol. The molecule has 2 bridgehead atoms. The van der Waals surface area contributed by atoms with Crippen molar-refractivity contribution in [1.82, 2.24) is 15.5 Å². The van der Waals surface area contributed by atoms with Crippen LogP contribution in [0.25, 0.3) is 0 Å². The second kappa shape index (κ2) is 4.87. The van der Waals surface area contributed by atoms with Crippen LogP contribution in [0.1, 0.15) is 49.7 Å². The zero-order chi connectivity index (χ0) is 12.7. The Kier molecular flexibility index (Phi) is 3.04. The van der Waals surface area contributed by atoms with Crippen molar-refractivity contribution in [3.8, 4) is 0 Å². The van der Waals surface area contributed by atoms with Crippen LogP contribution in [-0.2, 0) is 11.2 Å². The first kappa shape index (κ1) is 11.9. The molecule has 19 heavy (non-hydrogen) atoms. The second-order valence-corrected chi connectivity index (χ2v) is 6.18. The molecule has 1 aromatic rings. The molecule has 3 fully saturated rings. The summed E-state index contributed by atoms with van der Waals surface area (Å²) in [7, 11) is 0. The van der Waals surface area contributed by atoms with E-state index in [-0.39, 0.29) is 0 Å². The van der Waals surface area contributed by atoms with E-state index >= 15 is 0 Å². The SMILES string of the molecule is C1CNCC(Cc2nc(C3CC4CCC3O4)no2)C1. The first-order chi connectivity index (χ1) is 9.38. The van der Waals surface area contributed by atoms with Crippen LogP contribution in [0.15, 0.2) is 4.52 Å². The van der Waals surface area contributed by atoms with E-state index in [1.807, 2.05) is 0 Å². The molecule has 0 spiro atoms. The highest BCUT2D eigenvalue weighted by atomic mass is 16.5. The van der Waals surface area contributed by atoms with E-state index in [1.165, 1.54) is 19.3 Å². The lowest BCUT2D eigenvalue weighted by molar-refractivity contribution is 0.0996. The van der Waals surface area contributed by atoms with Gasteiger partial charge in [0, 0.05) is 6.42 Å². The molecule has 1 N–H and O–H groups in total. The van der Waals surface area contributed by atoms with E-state index in [4.69, 9.17) is 9.26 Å². The van der Waals surface area contributed by atoms with Gasteiger partial charge in [0.25, 0.3) is 0 Å². The predicted octanol–water partition coefficient (Wildman–Crippen LogP) is 1.65. The van der Waals surface area contributed by atoms with Crippen molar-refractivity contribution in [2.75, 3.05) is 13.1 Å². The summed E-state index contributed by atoms with van der Waals surface area (Å²) >= 11 is 0. The highest BCUT2D eigenvalue weighted by molar-refractivity contribution is 5.07. The summed E-state index contributed by atoms with van der Waals surface area (Å²) < 4.78 is 11.3. The fraction of sp³-hybridized carbons (Fsp3) is 0.857. The molecule has 4 unspecified atom stereocenters. The lowest BCUT2D eigenvalue weighted by Gasteiger charge is -2.20. The minimum absolute atomic E-state index is 0.340. The average Bonchev–Trinajstić information content (AvgIpc) is 3.15. The van der Waals surface area contributed by atoms with Crippen LogP contribution in [0, 0.1) is 5.92 Å². The monoisotopic (exact) mass is 263 g/mol. The number of rotatable bonds is 3. The van der Waals surface area contributed by atoms with Gasteiger partial charge in [0.05, 0.1) is 18.1 Å². The Morgan fingerprint density at radius 1 is 1.26 bits per heavy atom. The zero-order valence-corrected chi connectivity index (χ0v) is 11.2. The molecule has 4 rings (SSSR count). The van der Waals surface area contributed by atoms with Gasteiger partial charge < -0.3 is 14.6 Å². The summed E-state index contributed by atoms with van der Waals surface area (Å²) in [5.41, 5.74) is 0. The molecule has 0 radical (unpaired) electrons. The quantitative estimate of drug-likeness (QED) is 0.898. The third-order valence-corrected chi connectivity index (χ3v) is 4.78. The highest BCUT2D eigenvalue weighted by Crippen LogP contribution is 2.43. The van der Waals surface area contributed by atoms with Crippen LogP contribution < -0.4 is 5.32 Å². The normalized spacial score (nSPS) is 37.9. The molecule has 3 saturated heterocycles. The Hall–Kier alpha value is -0.940.